The van der Waals surface area contributed by atoms with Crippen molar-refractivity contribution < 1.29 is 4.79 Å². The van der Waals surface area contributed by atoms with E-state index >= 15 is 0 Å². The first-order valence-electron chi connectivity index (χ1n) is 8.68. The molecule has 0 saturated carbocycles. The first kappa shape index (κ1) is 18.4. The summed E-state index contributed by atoms with van der Waals surface area (Å²) in [5.41, 5.74) is 3.51. The number of pyridine rings is 1. The van der Waals surface area contributed by atoms with Gasteiger partial charge in [-0.15, -0.1) is 11.8 Å². The van der Waals surface area contributed by atoms with E-state index in [1.807, 2.05) is 54.8 Å². The Hall–Kier alpha value is -2.96. The van der Waals surface area contributed by atoms with Gasteiger partial charge in [0.25, 0.3) is 5.91 Å². The van der Waals surface area contributed by atoms with Gasteiger partial charge in [-0.1, -0.05) is 72.0 Å². The number of hydrogen-bond donors (Lipinski definition) is 1. The molecule has 28 heavy (non-hydrogen) atoms. The smallest absolute Gasteiger partial charge is 0.260 e. The van der Waals surface area contributed by atoms with E-state index in [0.717, 1.165) is 21.7 Å². The van der Waals surface area contributed by atoms with Gasteiger partial charge in [0, 0.05) is 11.8 Å². The molecule has 0 atom stereocenters. The molecule has 0 bridgehead atoms. The van der Waals surface area contributed by atoms with Gasteiger partial charge in [0.15, 0.2) is 5.13 Å². The summed E-state index contributed by atoms with van der Waals surface area (Å²) in [6.45, 7) is 0. The number of benzene rings is 2. The summed E-state index contributed by atoms with van der Waals surface area (Å²) < 4.78 is 0. The highest BCUT2D eigenvalue weighted by atomic mass is 32.2. The lowest BCUT2D eigenvalue weighted by Crippen LogP contribution is -2.13. The second-order valence-corrected chi connectivity index (χ2v) is 7.74. The Morgan fingerprint density at radius 2 is 1.61 bits per heavy atom. The maximum Gasteiger partial charge on any atom is 0.260 e. The standard InChI is InChI=1S/C22H17N3OS2/c1-27-21-17(13-8-14-23-21)20(26)25-22-24-18(15-9-4-2-5-10-15)19(28-22)16-11-6-3-7-12-16/h2-14H,1H3,(H,24,25,26). The van der Waals surface area contributed by atoms with Crippen LogP contribution in [-0.4, -0.2) is 22.1 Å². The largest absolute Gasteiger partial charge is 0.298 e. The number of nitrogens with zero attached hydrogens (tertiary/aromatic N) is 2. The quantitative estimate of drug-likeness (QED) is 0.425. The van der Waals surface area contributed by atoms with Crippen molar-refractivity contribution in [3.8, 4) is 21.7 Å². The minimum atomic E-state index is -0.203. The number of thioether (sulfide) groups is 1. The lowest BCUT2D eigenvalue weighted by Gasteiger charge is -2.05. The highest BCUT2D eigenvalue weighted by molar-refractivity contribution is 7.98. The van der Waals surface area contributed by atoms with Gasteiger partial charge in [-0.2, -0.15) is 0 Å². The number of thiazole rings is 1. The zero-order chi connectivity index (χ0) is 19.3. The Balaban J connectivity index is 1.73. The number of amides is 1. The van der Waals surface area contributed by atoms with Gasteiger partial charge in [0.1, 0.15) is 5.03 Å². The highest BCUT2D eigenvalue weighted by Crippen LogP contribution is 2.39. The van der Waals surface area contributed by atoms with Crippen LogP contribution in [0.5, 0.6) is 0 Å². The van der Waals surface area contributed by atoms with Gasteiger partial charge in [-0.25, -0.2) is 9.97 Å². The fourth-order valence-corrected chi connectivity index (χ4v) is 4.38. The van der Waals surface area contributed by atoms with E-state index in [1.54, 1.807) is 18.3 Å². The van der Waals surface area contributed by atoms with E-state index in [2.05, 4.69) is 22.4 Å². The molecule has 4 rings (SSSR count). The van der Waals surface area contributed by atoms with Crippen LogP contribution in [-0.2, 0) is 0 Å². The maximum absolute atomic E-state index is 12.8. The van der Waals surface area contributed by atoms with Crippen molar-refractivity contribution >= 4 is 34.1 Å². The molecule has 0 radical (unpaired) electrons. The number of aromatic nitrogens is 2. The van der Waals surface area contributed by atoms with Crippen molar-refractivity contribution in [3.63, 3.8) is 0 Å². The van der Waals surface area contributed by atoms with E-state index in [0.29, 0.717) is 15.7 Å². The molecule has 2 aromatic heterocycles. The number of carbonyl (C=O) groups excluding carboxylic acids is 1. The Kier molecular flexibility index (Phi) is 5.50. The molecule has 4 aromatic rings. The van der Waals surface area contributed by atoms with Crippen LogP contribution in [0, 0.1) is 0 Å². The Bertz CT molecular complexity index is 1040. The van der Waals surface area contributed by atoms with Crippen molar-refractivity contribution in [1.82, 2.24) is 9.97 Å². The molecule has 1 N–H and O–H groups in total. The van der Waals surface area contributed by atoms with E-state index < -0.39 is 0 Å². The predicted octanol–water partition coefficient (Wildman–Crippen LogP) is 5.85. The lowest BCUT2D eigenvalue weighted by molar-refractivity contribution is 0.102. The van der Waals surface area contributed by atoms with E-state index in [9.17, 15) is 4.79 Å². The summed E-state index contributed by atoms with van der Waals surface area (Å²) >= 11 is 2.92. The molecule has 1 amide bonds. The average molecular weight is 404 g/mol. The number of carbonyl (C=O) groups is 1. The zero-order valence-corrected chi connectivity index (χ0v) is 16.8. The molecular formula is C22H17N3OS2. The summed E-state index contributed by atoms with van der Waals surface area (Å²) in [5, 5.41) is 4.21. The number of anilines is 1. The average Bonchev–Trinajstić information content (AvgIpc) is 3.18. The highest BCUT2D eigenvalue weighted by Gasteiger charge is 2.18. The summed E-state index contributed by atoms with van der Waals surface area (Å²) in [4.78, 5) is 22.8. The van der Waals surface area contributed by atoms with Gasteiger partial charge in [0.05, 0.1) is 16.1 Å². The molecule has 0 fully saturated rings. The van der Waals surface area contributed by atoms with Crippen molar-refractivity contribution in [3.05, 3.63) is 84.6 Å². The molecular weight excluding hydrogens is 386 g/mol. The van der Waals surface area contributed by atoms with Gasteiger partial charge < -0.3 is 0 Å². The fraction of sp³-hybridized carbons (Fsp3) is 0.0455. The molecule has 0 spiro atoms. The normalized spacial score (nSPS) is 10.6. The first-order chi connectivity index (χ1) is 13.8. The number of hydrogen-bond acceptors (Lipinski definition) is 5. The second kappa shape index (κ2) is 8.37. The summed E-state index contributed by atoms with van der Waals surface area (Å²) in [5.74, 6) is -0.203. The summed E-state index contributed by atoms with van der Waals surface area (Å²) in [6, 6.07) is 23.7. The third kappa shape index (κ3) is 3.83. The summed E-state index contributed by atoms with van der Waals surface area (Å²) in [6.07, 6.45) is 3.59. The molecule has 0 aliphatic heterocycles. The first-order valence-corrected chi connectivity index (χ1v) is 10.7. The number of nitrogens with one attached hydrogen (secondary N) is 1. The van der Waals surface area contributed by atoms with Crippen LogP contribution in [0.3, 0.4) is 0 Å². The van der Waals surface area contributed by atoms with Crippen LogP contribution >= 0.6 is 23.1 Å². The maximum atomic E-state index is 12.8. The topological polar surface area (TPSA) is 54.9 Å². The molecule has 2 heterocycles. The third-order valence-corrected chi connectivity index (χ3v) is 5.87. The molecule has 0 saturated heterocycles. The van der Waals surface area contributed by atoms with E-state index in [4.69, 9.17) is 4.98 Å². The molecule has 0 unspecified atom stereocenters. The van der Waals surface area contributed by atoms with Crippen LogP contribution in [0.1, 0.15) is 10.4 Å². The van der Waals surface area contributed by atoms with Crippen LogP contribution in [0.2, 0.25) is 0 Å². The molecule has 2 aromatic carbocycles. The van der Waals surface area contributed by atoms with Crippen molar-refractivity contribution in [2.75, 3.05) is 11.6 Å². The van der Waals surface area contributed by atoms with Crippen molar-refractivity contribution in [2.24, 2.45) is 0 Å². The van der Waals surface area contributed by atoms with E-state index in [-0.39, 0.29) is 5.91 Å². The molecule has 4 nitrogen and oxygen atoms in total. The minimum absolute atomic E-state index is 0.203. The monoisotopic (exact) mass is 403 g/mol. The van der Waals surface area contributed by atoms with Crippen LogP contribution < -0.4 is 5.32 Å². The Morgan fingerprint density at radius 1 is 0.929 bits per heavy atom. The molecule has 6 heteroatoms. The zero-order valence-electron chi connectivity index (χ0n) is 15.1. The minimum Gasteiger partial charge on any atom is -0.298 e. The van der Waals surface area contributed by atoms with Crippen LogP contribution in [0.15, 0.2) is 84.0 Å². The van der Waals surface area contributed by atoms with Crippen LogP contribution in [0.25, 0.3) is 21.7 Å². The van der Waals surface area contributed by atoms with E-state index in [1.165, 1.54) is 23.1 Å². The van der Waals surface area contributed by atoms with Gasteiger partial charge in [0.2, 0.25) is 0 Å². The predicted molar refractivity (Wildman–Crippen MR) is 117 cm³/mol. The lowest BCUT2D eigenvalue weighted by atomic mass is 10.1. The Morgan fingerprint density at radius 3 is 2.29 bits per heavy atom. The number of rotatable bonds is 5. The molecule has 138 valence electrons. The van der Waals surface area contributed by atoms with Crippen LogP contribution in [0.4, 0.5) is 5.13 Å². The summed E-state index contributed by atoms with van der Waals surface area (Å²) in [7, 11) is 0. The third-order valence-electron chi connectivity index (χ3n) is 4.14. The second-order valence-electron chi connectivity index (χ2n) is 5.94. The fourth-order valence-electron chi connectivity index (χ4n) is 2.84. The molecule has 0 aliphatic rings. The van der Waals surface area contributed by atoms with Gasteiger partial charge in [-0.05, 0) is 24.0 Å². The Labute approximate surface area is 171 Å². The van der Waals surface area contributed by atoms with Crippen molar-refractivity contribution in [1.29, 1.82) is 0 Å². The molecule has 0 aliphatic carbocycles. The van der Waals surface area contributed by atoms with Gasteiger partial charge in [-0.3, -0.25) is 10.1 Å². The SMILES string of the molecule is CSc1ncccc1C(=O)Nc1nc(-c2ccccc2)c(-c2ccccc2)s1. The van der Waals surface area contributed by atoms with Gasteiger partial charge >= 0.3 is 0 Å². The van der Waals surface area contributed by atoms with Crippen molar-refractivity contribution in [2.45, 2.75) is 5.03 Å².